The van der Waals surface area contributed by atoms with Crippen molar-refractivity contribution in [1.82, 2.24) is 4.90 Å². The Kier molecular flexibility index (Phi) is 4.41. The average Bonchev–Trinajstić information content (AvgIpc) is 2.84. The molecule has 0 bridgehead atoms. The third kappa shape index (κ3) is 3.45. The summed E-state index contributed by atoms with van der Waals surface area (Å²) in [4.78, 5) is 2.41. The normalized spacial score (nSPS) is 15.8. The molecule has 0 saturated carbocycles. The summed E-state index contributed by atoms with van der Waals surface area (Å²) in [5.74, 6) is 0.809. The quantitative estimate of drug-likeness (QED) is 0.857. The Labute approximate surface area is 110 Å². The molecule has 0 aliphatic carbocycles. The largest absolute Gasteiger partial charge is 0.491 e. The Balaban J connectivity index is 1.84. The molecule has 17 heavy (non-hydrogen) atoms. The zero-order valence-electron chi connectivity index (χ0n) is 9.66. The van der Waals surface area contributed by atoms with Crippen molar-refractivity contribution in [1.29, 1.82) is 5.26 Å². The molecule has 1 aliphatic rings. The van der Waals surface area contributed by atoms with Gasteiger partial charge in [0.2, 0.25) is 0 Å². The number of halogens is 1. The number of hydrogen-bond acceptors (Lipinski definition) is 3. The lowest BCUT2D eigenvalue weighted by Gasteiger charge is -2.15. The summed E-state index contributed by atoms with van der Waals surface area (Å²) in [6.45, 7) is 4.06. The lowest BCUT2D eigenvalue weighted by Crippen LogP contribution is -2.25. The molecule has 1 heterocycles. The van der Waals surface area contributed by atoms with Crippen LogP contribution in [-0.4, -0.2) is 31.1 Å². The smallest absolute Gasteiger partial charge is 0.133 e. The van der Waals surface area contributed by atoms with Crippen molar-refractivity contribution in [3.8, 4) is 11.8 Å². The van der Waals surface area contributed by atoms with Crippen LogP contribution in [-0.2, 0) is 0 Å². The van der Waals surface area contributed by atoms with Crippen LogP contribution >= 0.6 is 15.9 Å². The summed E-state index contributed by atoms with van der Waals surface area (Å²) >= 11 is 3.41. The van der Waals surface area contributed by atoms with Gasteiger partial charge in [-0.15, -0.1) is 0 Å². The van der Waals surface area contributed by atoms with Crippen LogP contribution in [0, 0.1) is 11.3 Å². The number of ether oxygens (including phenoxy) is 1. The molecule has 0 N–H and O–H groups in total. The van der Waals surface area contributed by atoms with Crippen molar-refractivity contribution in [3.05, 3.63) is 28.2 Å². The molecular formula is C13H15BrN2O. The maximum atomic E-state index is 8.75. The van der Waals surface area contributed by atoms with Gasteiger partial charge in [-0.2, -0.15) is 5.26 Å². The third-order valence-electron chi connectivity index (χ3n) is 2.92. The Hall–Kier alpha value is -1.05. The minimum Gasteiger partial charge on any atom is -0.491 e. The van der Waals surface area contributed by atoms with Crippen LogP contribution in [0.25, 0.3) is 0 Å². The van der Waals surface area contributed by atoms with Crippen molar-refractivity contribution < 1.29 is 4.74 Å². The van der Waals surface area contributed by atoms with E-state index in [9.17, 15) is 0 Å². The average molecular weight is 295 g/mol. The molecule has 0 radical (unpaired) electrons. The zero-order valence-corrected chi connectivity index (χ0v) is 11.2. The van der Waals surface area contributed by atoms with Gasteiger partial charge in [-0.3, -0.25) is 4.90 Å². The second kappa shape index (κ2) is 6.04. The maximum Gasteiger partial charge on any atom is 0.133 e. The molecule has 1 saturated heterocycles. The van der Waals surface area contributed by atoms with Gasteiger partial charge in [0.1, 0.15) is 12.4 Å². The molecule has 0 spiro atoms. The standard InChI is InChI=1S/C13H15BrN2O/c14-12-9-11(10-15)3-4-13(12)17-8-7-16-5-1-2-6-16/h3-4,9H,1-2,5-8H2. The molecule has 90 valence electrons. The van der Waals surface area contributed by atoms with Gasteiger partial charge in [-0.1, -0.05) is 0 Å². The number of benzene rings is 1. The topological polar surface area (TPSA) is 36.3 Å². The van der Waals surface area contributed by atoms with Crippen LogP contribution in [0.2, 0.25) is 0 Å². The molecule has 3 nitrogen and oxygen atoms in total. The van der Waals surface area contributed by atoms with Crippen LogP contribution in [0.5, 0.6) is 5.75 Å². The minimum atomic E-state index is 0.642. The van der Waals surface area contributed by atoms with Crippen molar-refractivity contribution in [3.63, 3.8) is 0 Å². The molecule has 2 rings (SSSR count). The Bertz CT molecular complexity index is 422. The van der Waals surface area contributed by atoms with Gasteiger partial charge in [0.05, 0.1) is 16.1 Å². The summed E-state index contributed by atoms with van der Waals surface area (Å²) in [5.41, 5.74) is 0.642. The van der Waals surface area contributed by atoms with E-state index in [2.05, 4.69) is 26.9 Å². The molecule has 1 fully saturated rings. The molecule has 0 unspecified atom stereocenters. The van der Waals surface area contributed by atoms with E-state index < -0.39 is 0 Å². The highest BCUT2D eigenvalue weighted by molar-refractivity contribution is 9.10. The van der Waals surface area contributed by atoms with Crippen LogP contribution in [0.4, 0.5) is 0 Å². The van der Waals surface area contributed by atoms with Crippen LogP contribution in [0.1, 0.15) is 18.4 Å². The first-order chi connectivity index (χ1) is 8.29. The SMILES string of the molecule is N#Cc1ccc(OCCN2CCCC2)c(Br)c1. The fourth-order valence-electron chi connectivity index (χ4n) is 1.98. The fourth-order valence-corrected chi connectivity index (χ4v) is 2.47. The molecule has 1 aromatic rings. The van der Waals surface area contributed by atoms with Gasteiger partial charge >= 0.3 is 0 Å². The van der Waals surface area contributed by atoms with E-state index in [0.29, 0.717) is 12.2 Å². The van der Waals surface area contributed by atoms with Gasteiger partial charge < -0.3 is 4.74 Å². The molecular weight excluding hydrogens is 280 g/mol. The van der Waals surface area contributed by atoms with Crippen molar-refractivity contribution in [2.75, 3.05) is 26.2 Å². The number of nitriles is 1. The van der Waals surface area contributed by atoms with Gasteiger partial charge in [0.25, 0.3) is 0 Å². The van der Waals surface area contributed by atoms with E-state index in [1.807, 2.05) is 6.07 Å². The molecule has 4 heteroatoms. The monoisotopic (exact) mass is 294 g/mol. The zero-order chi connectivity index (χ0) is 12.1. The van der Waals surface area contributed by atoms with Crippen molar-refractivity contribution in [2.24, 2.45) is 0 Å². The maximum absolute atomic E-state index is 8.75. The molecule has 0 amide bonds. The molecule has 0 atom stereocenters. The first kappa shape index (κ1) is 12.4. The lowest BCUT2D eigenvalue weighted by molar-refractivity contribution is 0.237. The second-order valence-electron chi connectivity index (χ2n) is 4.15. The van der Waals surface area contributed by atoms with E-state index in [-0.39, 0.29) is 0 Å². The van der Waals surface area contributed by atoms with Crippen molar-refractivity contribution >= 4 is 15.9 Å². The molecule has 0 aromatic heterocycles. The van der Waals surface area contributed by atoms with Gasteiger partial charge in [-0.25, -0.2) is 0 Å². The lowest BCUT2D eigenvalue weighted by atomic mass is 10.2. The summed E-state index contributed by atoms with van der Waals surface area (Å²) in [7, 11) is 0. The predicted octanol–water partition coefficient (Wildman–Crippen LogP) is 2.80. The minimum absolute atomic E-state index is 0.642. The highest BCUT2D eigenvalue weighted by Crippen LogP contribution is 2.25. The first-order valence-corrected chi connectivity index (χ1v) is 6.64. The van der Waals surface area contributed by atoms with Gasteiger partial charge in [0, 0.05) is 6.54 Å². The van der Waals surface area contributed by atoms with Crippen molar-refractivity contribution in [2.45, 2.75) is 12.8 Å². The first-order valence-electron chi connectivity index (χ1n) is 5.84. The van der Waals surface area contributed by atoms with Crippen LogP contribution in [0.3, 0.4) is 0 Å². The highest BCUT2D eigenvalue weighted by atomic mass is 79.9. The van der Waals surface area contributed by atoms with E-state index in [4.69, 9.17) is 10.00 Å². The van der Waals surface area contributed by atoms with Crippen LogP contribution in [0.15, 0.2) is 22.7 Å². The molecule has 1 aromatic carbocycles. The summed E-state index contributed by atoms with van der Waals surface area (Å²) in [6, 6.07) is 7.50. The Morgan fingerprint density at radius 2 is 2.12 bits per heavy atom. The van der Waals surface area contributed by atoms with Crippen LogP contribution < -0.4 is 4.74 Å². The third-order valence-corrected chi connectivity index (χ3v) is 3.54. The fraction of sp³-hybridized carbons (Fsp3) is 0.462. The number of nitrogens with zero attached hydrogens (tertiary/aromatic N) is 2. The van der Waals surface area contributed by atoms with E-state index >= 15 is 0 Å². The Morgan fingerprint density at radius 3 is 2.76 bits per heavy atom. The Morgan fingerprint density at radius 1 is 1.35 bits per heavy atom. The van der Waals surface area contributed by atoms with Gasteiger partial charge in [-0.05, 0) is 60.1 Å². The summed E-state index contributed by atoms with van der Waals surface area (Å²) in [5, 5.41) is 8.75. The number of rotatable bonds is 4. The second-order valence-corrected chi connectivity index (χ2v) is 5.01. The van der Waals surface area contributed by atoms with E-state index in [1.165, 1.54) is 25.9 Å². The highest BCUT2D eigenvalue weighted by Gasteiger charge is 2.11. The van der Waals surface area contributed by atoms with E-state index in [0.717, 1.165) is 16.8 Å². The summed E-state index contributed by atoms with van der Waals surface area (Å²) < 4.78 is 6.55. The van der Waals surface area contributed by atoms with E-state index in [1.54, 1.807) is 12.1 Å². The van der Waals surface area contributed by atoms with Gasteiger partial charge in [0.15, 0.2) is 0 Å². The number of hydrogen-bond donors (Lipinski definition) is 0. The summed E-state index contributed by atoms with van der Waals surface area (Å²) in [6.07, 6.45) is 2.61. The number of likely N-dealkylation sites (tertiary alicyclic amines) is 1. The molecule has 1 aliphatic heterocycles. The predicted molar refractivity (Wildman–Crippen MR) is 70.0 cm³/mol.